The van der Waals surface area contributed by atoms with Crippen LogP contribution >= 0.6 is 0 Å². The topological polar surface area (TPSA) is 146 Å². The molecule has 3 N–H and O–H groups in total. The van der Waals surface area contributed by atoms with Gasteiger partial charge in [0.25, 0.3) is 0 Å². The highest BCUT2D eigenvalue weighted by Gasteiger charge is 2.40. The highest BCUT2D eigenvalue weighted by molar-refractivity contribution is 5.82. The first-order valence-electron chi connectivity index (χ1n) is 10.7. The molecule has 2 unspecified atom stereocenters. The van der Waals surface area contributed by atoms with E-state index in [1.54, 1.807) is 41.5 Å². The number of carboxylic acid groups (broad SMARTS) is 2. The van der Waals surface area contributed by atoms with Crippen LogP contribution in [0.3, 0.4) is 0 Å². The predicted octanol–water partition coefficient (Wildman–Crippen LogP) is 2.00. The number of hydrogen-bond acceptors (Lipinski definition) is 7. The fraction of sp³-hybridized carbons (Fsp3) is 0.810. The lowest BCUT2D eigenvalue weighted by Crippen LogP contribution is -2.60. The van der Waals surface area contributed by atoms with Gasteiger partial charge >= 0.3 is 24.1 Å². The summed E-state index contributed by atoms with van der Waals surface area (Å²) in [5, 5.41) is 20.9. The summed E-state index contributed by atoms with van der Waals surface area (Å²) in [5.74, 6) is -2.00. The Bertz CT molecular complexity index is 678. The van der Waals surface area contributed by atoms with Gasteiger partial charge in [-0.05, 0) is 60.9 Å². The molecule has 2 atom stereocenters. The summed E-state index contributed by atoms with van der Waals surface area (Å²) in [4.78, 5) is 48.4. The van der Waals surface area contributed by atoms with E-state index in [2.05, 4.69) is 5.32 Å². The van der Waals surface area contributed by atoms with Crippen LogP contribution < -0.4 is 5.32 Å². The zero-order valence-corrected chi connectivity index (χ0v) is 19.8. The van der Waals surface area contributed by atoms with Gasteiger partial charge in [-0.2, -0.15) is 0 Å². The lowest BCUT2D eigenvalue weighted by atomic mass is 10.0. The van der Waals surface area contributed by atoms with E-state index in [0.717, 1.165) is 24.3 Å². The van der Waals surface area contributed by atoms with Gasteiger partial charge in [0.15, 0.2) is 6.04 Å². The lowest BCUT2D eigenvalue weighted by Gasteiger charge is -2.39. The molecule has 0 radical (unpaired) electrons. The van der Waals surface area contributed by atoms with Gasteiger partial charge in [0.1, 0.15) is 11.2 Å². The van der Waals surface area contributed by atoms with Crippen molar-refractivity contribution in [3.8, 4) is 0 Å². The number of amides is 2. The normalized spacial score (nSPS) is 21.7. The second-order valence-electron chi connectivity index (χ2n) is 9.84. The minimum atomic E-state index is -1.19. The van der Waals surface area contributed by atoms with Crippen LogP contribution in [0.1, 0.15) is 54.4 Å². The Morgan fingerprint density at radius 3 is 1.84 bits per heavy atom. The average molecular weight is 460 g/mol. The van der Waals surface area contributed by atoms with Gasteiger partial charge in [0.2, 0.25) is 0 Å². The molecule has 2 rings (SSSR count). The van der Waals surface area contributed by atoms with E-state index >= 15 is 0 Å². The molecule has 11 heteroatoms. The van der Waals surface area contributed by atoms with Crippen molar-refractivity contribution in [1.29, 1.82) is 0 Å². The standard InChI is InChI=1S/C15H26N2O6.C6H11NO2/c1-14(2,3)22-12(20)16-7-8-17(10(9-16)11(18)19)13(21)23-15(4,5)6;8-6(9)5-2-1-3-7-4-5/h10H,7-9H2,1-6H3,(H,18,19);5,7H,1-4H2,(H,8,9). The largest absolute Gasteiger partial charge is 0.481 e. The first-order chi connectivity index (χ1) is 14.6. The molecule has 0 bridgehead atoms. The summed E-state index contributed by atoms with van der Waals surface area (Å²) < 4.78 is 10.5. The molecule has 2 amide bonds. The number of nitrogens with zero attached hydrogens (tertiary/aromatic N) is 2. The summed E-state index contributed by atoms with van der Waals surface area (Å²) >= 11 is 0. The van der Waals surface area contributed by atoms with Crippen molar-refractivity contribution in [3.63, 3.8) is 0 Å². The maximum Gasteiger partial charge on any atom is 0.411 e. The molecule has 0 spiro atoms. The van der Waals surface area contributed by atoms with Crippen molar-refractivity contribution < 1.29 is 38.9 Å². The number of ether oxygens (including phenoxy) is 2. The molecule has 2 saturated heterocycles. The van der Waals surface area contributed by atoms with Gasteiger partial charge in [0.05, 0.1) is 12.5 Å². The number of aliphatic carboxylic acids is 2. The predicted molar refractivity (Wildman–Crippen MR) is 115 cm³/mol. The van der Waals surface area contributed by atoms with E-state index in [0.29, 0.717) is 6.54 Å². The Morgan fingerprint density at radius 2 is 1.44 bits per heavy atom. The van der Waals surface area contributed by atoms with Crippen molar-refractivity contribution in [3.05, 3.63) is 0 Å². The molecule has 184 valence electrons. The Kier molecular flexibility index (Phi) is 9.74. The second-order valence-corrected chi connectivity index (χ2v) is 9.84. The SMILES string of the molecule is CC(C)(C)OC(=O)N1CCN(C(=O)OC(C)(C)C)C(C(=O)O)C1.O=C(O)C1CCCNC1. The van der Waals surface area contributed by atoms with Gasteiger partial charge in [-0.3, -0.25) is 9.69 Å². The number of carbonyl (C=O) groups is 4. The minimum Gasteiger partial charge on any atom is -0.481 e. The number of carboxylic acids is 2. The molecular weight excluding hydrogens is 422 g/mol. The number of rotatable bonds is 2. The quantitative estimate of drug-likeness (QED) is 0.564. The van der Waals surface area contributed by atoms with Crippen LogP contribution in [-0.4, -0.2) is 94.1 Å². The molecule has 0 aromatic rings. The number of carbonyl (C=O) groups excluding carboxylic acids is 2. The Labute approximate surface area is 189 Å². The third-order valence-corrected chi connectivity index (χ3v) is 4.59. The molecule has 2 fully saturated rings. The van der Waals surface area contributed by atoms with Crippen LogP contribution in [0.2, 0.25) is 0 Å². The summed E-state index contributed by atoms with van der Waals surface area (Å²) in [6.07, 6.45) is 0.542. The van der Waals surface area contributed by atoms with Crippen molar-refractivity contribution in [2.75, 3.05) is 32.7 Å². The van der Waals surface area contributed by atoms with Crippen LogP contribution in [0.25, 0.3) is 0 Å². The van der Waals surface area contributed by atoms with E-state index in [-0.39, 0.29) is 25.6 Å². The number of piperidine rings is 1. The number of hydrogen-bond donors (Lipinski definition) is 3. The van der Waals surface area contributed by atoms with Crippen LogP contribution in [0.15, 0.2) is 0 Å². The summed E-state index contributed by atoms with van der Waals surface area (Å²) in [5.41, 5.74) is -1.39. The maximum atomic E-state index is 12.1. The lowest BCUT2D eigenvalue weighted by molar-refractivity contribution is -0.145. The van der Waals surface area contributed by atoms with E-state index in [9.17, 15) is 24.3 Å². The van der Waals surface area contributed by atoms with Gasteiger partial charge < -0.3 is 29.9 Å². The molecule has 2 heterocycles. The van der Waals surface area contributed by atoms with E-state index < -0.39 is 41.4 Å². The van der Waals surface area contributed by atoms with Gasteiger partial charge in [-0.15, -0.1) is 0 Å². The summed E-state index contributed by atoms with van der Waals surface area (Å²) in [6, 6.07) is -1.16. The van der Waals surface area contributed by atoms with Crippen molar-refractivity contribution >= 4 is 24.1 Å². The smallest absolute Gasteiger partial charge is 0.411 e. The van der Waals surface area contributed by atoms with Gasteiger partial charge in [-0.25, -0.2) is 14.4 Å². The average Bonchev–Trinajstić information content (AvgIpc) is 2.66. The Hall–Kier alpha value is -2.56. The number of piperazine rings is 1. The van der Waals surface area contributed by atoms with E-state index in [1.165, 1.54) is 4.90 Å². The highest BCUT2D eigenvalue weighted by Crippen LogP contribution is 2.18. The minimum absolute atomic E-state index is 0.0745. The van der Waals surface area contributed by atoms with E-state index in [4.69, 9.17) is 14.6 Å². The first-order valence-corrected chi connectivity index (χ1v) is 10.7. The summed E-state index contributed by atoms with van der Waals surface area (Å²) in [7, 11) is 0. The first kappa shape index (κ1) is 27.5. The van der Waals surface area contributed by atoms with Gasteiger partial charge in [-0.1, -0.05) is 0 Å². The van der Waals surface area contributed by atoms with Crippen molar-refractivity contribution in [1.82, 2.24) is 15.1 Å². The Balaban J connectivity index is 0.000000471. The van der Waals surface area contributed by atoms with Crippen LogP contribution in [0, 0.1) is 5.92 Å². The van der Waals surface area contributed by atoms with Crippen LogP contribution in [-0.2, 0) is 19.1 Å². The molecule has 0 saturated carbocycles. The maximum absolute atomic E-state index is 12.1. The molecule has 0 aromatic heterocycles. The fourth-order valence-electron chi connectivity index (χ4n) is 3.09. The number of nitrogens with one attached hydrogen (secondary N) is 1. The highest BCUT2D eigenvalue weighted by atomic mass is 16.6. The molecular formula is C21H37N3O8. The Morgan fingerprint density at radius 1 is 0.875 bits per heavy atom. The summed E-state index contributed by atoms with van der Waals surface area (Å²) in [6.45, 7) is 12.1. The fourth-order valence-corrected chi connectivity index (χ4v) is 3.09. The zero-order chi connectivity index (χ0) is 24.7. The third-order valence-electron chi connectivity index (χ3n) is 4.59. The van der Waals surface area contributed by atoms with Crippen molar-refractivity contribution in [2.24, 2.45) is 5.92 Å². The molecule has 2 aliphatic heterocycles. The molecule has 0 aromatic carbocycles. The third kappa shape index (κ3) is 9.71. The van der Waals surface area contributed by atoms with Crippen LogP contribution in [0.4, 0.5) is 9.59 Å². The van der Waals surface area contributed by atoms with Crippen molar-refractivity contribution in [2.45, 2.75) is 71.6 Å². The molecule has 32 heavy (non-hydrogen) atoms. The van der Waals surface area contributed by atoms with E-state index in [1.807, 2.05) is 0 Å². The molecule has 0 aliphatic carbocycles. The van der Waals surface area contributed by atoms with Crippen LogP contribution in [0.5, 0.6) is 0 Å². The molecule has 11 nitrogen and oxygen atoms in total. The zero-order valence-electron chi connectivity index (χ0n) is 19.8. The van der Waals surface area contributed by atoms with Gasteiger partial charge in [0, 0.05) is 19.6 Å². The monoisotopic (exact) mass is 459 g/mol. The molecule has 2 aliphatic rings. The second kappa shape index (κ2) is 11.3.